The maximum Gasteiger partial charge on any atom is 0.422 e. The van der Waals surface area contributed by atoms with Crippen LogP contribution in [0, 0.1) is 0 Å². The molecule has 9 heteroatoms. The van der Waals surface area contributed by atoms with Crippen molar-refractivity contribution in [2.75, 3.05) is 11.9 Å². The Morgan fingerprint density at radius 3 is 2.60 bits per heavy atom. The van der Waals surface area contributed by atoms with Crippen molar-refractivity contribution in [1.29, 1.82) is 0 Å². The number of nitrogens with one attached hydrogen (secondary N) is 1. The highest BCUT2D eigenvalue weighted by Gasteiger charge is 2.28. The van der Waals surface area contributed by atoms with Gasteiger partial charge in [0, 0.05) is 18.9 Å². The van der Waals surface area contributed by atoms with E-state index in [4.69, 9.17) is 0 Å². The number of rotatable bonds is 6. The van der Waals surface area contributed by atoms with Crippen molar-refractivity contribution in [3.05, 3.63) is 60.7 Å². The second kappa shape index (κ2) is 7.20. The van der Waals surface area contributed by atoms with Crippen LogP contribution >= 0.6 is 0 Å². The van der Waals surface area contributed by atoms with Crippen LogP contribution in [-0.4, -0.2) is 32.5 Å². The Labute approximate surface area is 141 Å². The molecule has 2 aromatic heterocycles. The molecule has 0 bridgehead atoms. The first-order valence-electron chi connectivity index (χ1n) is 7.34. The van der Waals surface area contributed by atoms with E-state index in [9.17, 15) is 13.2 Å². The normalized spacial score (nSPS) is 11.3. The Hall–Kier alpha value is -3.10. The van der Waals surface area contributed by atoms with Crippen LogP contribution in [0.4, 0.5) is 19.0 Å². The Morgan fingerprint density at radius 1 is 1.12 bits per heavy atom. The fourth-order valence-electron chi connectivity index (χ4n) is 2.02. The van der Waals surface area contributed by atoms with Gasteiger partial charge in [-0.2, -0.15) is 18.3 Å². The number of aromatic nitrogens is 4. The number of nitrogens with zero attached hydrogens (tertiary/aromatic N) is 4. The van der Waals surface area contributed by atoms with Crippen molar-refractivity contribution in [3.63, 3.8) is 0 Å². The van der Waals surface area contributed by atoms with Crippen molar-refractivity contribution in [2.45, 2.75) is 12.7 Å². The number of hydrogen-bond donors (Lipinski definition) is 1. The summed E-state index contributed by atoms with van der Waals surface area (Å²) in [5, 5.41) is 7.19. The average Bonchev–Trinajstić information content (AvgIpc) is 3.13. The van der Waals surface area contributed by atoms with Gasteiger partial charge in [-0.15, -0.1) is 0 Å². The topological polar surface area (TPSA) is 64.9 Å². The van der Waals surface area contributed by atoms with Crippen LogP contribution in [0.5, 0.6) is 5.75 Å². The summed E-state index contributed by atoms with van der Waals surface area (Å²) in [6, 6.07) is 8.14. The average molecular weight is 349 g/mol. The summed E-state index contributed by atoms with van der Waals surface area (Å²) in [4.78, 5) is 8.48. The molecule has 0 saturated carbocycles. The molecule has 0 unspecified atom stereocenters. The van der Waals surface area contributed by atoms with Gasteiger partial charge in [0.05, 0.1) is 12.4 Å². The zero-order valence-electron chi connectivity index (χ0n) is 12.9. The van der Waals surface area contributed by atoms with Crippen LogP contribution in [0.3, 0.4) is 0 Å². The van der Waals surface area contributed by atoms with E-state index >= 15 is 0 Å². The molecule has 3 rings (SSSR count). The summed E-state index contributed by atoms with van der Waals surface area (Å²) in [5.41, 5.74) is 0.866. The molecule has 6 nitrogen and oxygen atoms in total. The standard InChI is InChI=1S/C16H14F3N5O/c17-16(18,19)11-25-13-4-2-12(3-5-13)8-21-14-9-20-10-15(23-14)24-7-1-6-22-24/h1-7,9-10H,8,11H2,(H,21,23). The smallest absolute Gasteiger partial charge is 0.422 e. The second-order valence-electron chi connectivity index (χ2n) is 5.11. The second-order valence-corrected chi connectivity index (χ2v) is 5.11. The van der Waals surface area contributed by atoms with Gasteiger partial charge in [0.25, 0.3) is 0 Å². The van der Waals surface area contributed by atoms with Gasteiger partial charge in [0.15, 0.2) is 12.4 Å². The van der Waals surface area contributed by atoms with E-state index in [1.807, 2.05) is 0 Å². The van der Waals surface area contributed by atoms with E-state index in [-0.39, 0.29) is 5.75 Å². The Morgan fingerprint density at radius 2 is 1.92 bits per heavy atom. The summed E-state index contributed by atoms with van der Waals surface area (Å²) >= 11 is 0. The lowest BCUT2D eigenvalue weighted by atomic mass is 10.2. The lowest BCUT2D eigenvalue weighted by Gasteiger charge is -2.10. The maximum atomic E-state index is 12.1. The summed E-state index contributed by atoms with van der Waals surface area (Å²) in [5.74, 6) is 1.30. The molecule has 0 spiro atoms. The van der Waals surface area contributed by atoms with E-state index in [1.54, 1.807) is 47.7 Å². The van der Waals surface area contributed by atoms with Crippen LogP contribution < -0.4 is 10.1 Å². The SMILES string of the molecule is FC(F)(F)COc1ccc(CNc2cncc(-n3cccn3)n2)cc1. The van der Waals surface area contributed by atoms with E-state index in [0.717, 1.165) is 5.56 Å². The van der Waals surface area contributed by atoms with Gasteiger partial charge in [0.1, 0.15) is 11.6 Å². The first kappa shape index (κ1) is 16.7. The van der Waals surface area contributed by atoms with Crippen LogP contribution in [0.25, 0.3) is 5.82 Å². The number of alkyl halides is 3. The third-order valence-corrected chi connectivity index (χ3v) is 3.16. The van der Waals surface area contributed by atoms with E-state index in [2.05, 4.69) is 25.1 Å². The Bertz CT molecular complexity index is 803. The summed E-state index contributed by atoms with van der Waals surface area (Å²) in [7, 11) is 0. The van der Waals surface area contributed by atoms with Gasteiger partial charge < -0.3 is 10.1 Å². The summed E-state index contributed by atoms with van der Waals surface area (Å²) in [6.07, 6.45) is 2.22. The highest BCUT2D eigenvalue weighted by molar-refractivity contribution is 5.37. The Balaban J connectivity index is 1.58. The fourth-order valence-corrected chi connectivity index (χ4v) is 2.02. The molecule has 0 fully saturated rings. The van der Waals surface area contributed by atoms with Gasteiger partial charge in [0.2, 0.25) is 0 Å². The molecule has 2 heterocycles. The molecule has 0 atom stereocenters. The number of hydrogen-bond acceptors (Lipinski definition) is 5. The highest BCUT2D eigenvalue weighted by atomic mass is 19.4. The predicted molar refractivity (Wildman–Crippen MR) is 84.5 cm³/mol. The minimum atomic E-state index is -4.35. The number of ether oxygens (including phenoxy) is 1. The Kier molecular flexibility index (Phi) is 4.82. The molecule has 130 valence electrons. The fraction of sp³-hybridized carbons (Fsp3) is 0.188. The third-order valence-electron chi connectivity index (χ3n) is 3.16. The molecule has 0 amide bonds. The molecule has 25 heavy (non-hydrogen) atoms. The molecule has 1 N–H and O–H groups in total. The van der Waals surface area contributed by atoms with E-state index in [0.29, 0.717) is 18.2 Å². The quantitative estimate of drug-likeness (QED) is 0.740. The van der Waals surface area contributed by atoms with Gasteiger partial charge >= 0.3 is 6.18 Å². The zero-order chi connectivity index (χ0) is 17.7. The molecular weight excluding hydrogens is 335 g/mol. The molecule has 0 aliphatic rings. The van der Waals surface area contributed by atoms with Crippen molar-refractivity contribution in [2.24, 2.45) is 0 Å². The lowest BCUT2D eigenvalue weighted by Crippen LogP contribution is -2.19. The van der Waals surface area contributed by atoms with Crippen LogP contribution in [0.1, 0.15) is 5.56 Å². The maximum absolute atomic E-state index is 12.1. The largest absolute Gasteiger partial charge is 0.484 e. The van der Waals surface area contributed by atoms with Gasteiger partial charge in [-0.1, -0.05) is 12.1 Å². The van der Waals surface area contributed by atoms with Gasteiger partial charge in [-0.05, 0) is 23.8 Å². The van der Waals surface area contributed by atoms with E-state index in [1.165, 1.54) is 12.1 Å². The number of halogens is 3. The van der Waals surface area contributed by atoms with Crippen molar-refractivity contribution in [3.8, 4) is 11.6 Å². The summed E-state index contributed by atoms with van der Waals surface area (Å²) < 4.78 is 42.6. The molecular formula is C16H14F3N5O. The first-order chi connectivity index (χ1) is 12.0. The minimum Gasteiger partial charge on any atom is -0.484 e. The van der Waals surface area contributed by atoms with Crippen molar-refractivity contribution >= 4 is 5.82 Å². The molecule has 0 saturated heterocycles. The third kappa shape index (κ3) is 4.93. The molecule has 1 aromatic carbocycles. The van der Waals surface area contributed by atoms with Crippen LogP contribution in [-0.2, 0) is 6.54 Å². The predicted octanol–water partition coefficient (Wildman–Crippen LogP) is 3.22. The molecule has 3 aromatic rings. The molecule has 0 aliphatic heterocycles. The minimum absolute atomic E-state index is 0.168. The van der Waals surface area contributed by atoms with Crippen LogP contribution in [0.2, 0.25) is 0 Å². The molecule has 0 aliphatic carbocycles. The van der Waals surface area contributed by atoms with Crippen LogP contribution in [0.15, 0.2) is 55.1 Å². The van der Waals surface area contributed by atoms with Gasteiger partial charge in [-0.25, -0.2) is 9.67 Å². The highest BCUT2D eigenvalue weighted by Crippen LogP contribution is 2.19. The van der Waals surface area contributed by atoms with Crippen molar-refractivity contribution in [1.82, 2.24) is 19.7 Å². The zero-order valence-corrected chi connectivity index (χ0v) is 12.9. The van der Waals surface area contributed by atoms with Gasteiger partial charge in [-0.3, -0.25) is 4.98 Å². The van der Waals surface area contributed by atoms with E-state index < -0.39 is 12.8 Å². The number of benzene rings is 1. The monoisotopic (exact) mass is 349 g/mol. The van der Waals surface area contributed by atoms with Crippen molar-refractivity contribution < 1.29 is 17.9 Å². The lowest BCUT2D eigenvalue weighted by molar-refractivity contribution is -0.153. The first-order valence-corrected chi connectivity index (χ1v) is 7.34. The molecule has 0 radical (unpaired) electrons. The summed E-state index contributed by atoms with van der Waals surface area (Å²) in [6.45, 7) is -0.864. The number of anilines is 1.